The quantitative estimate of drug-likeness (QED) is 0.214. The lowest BCUT2D eigenvalue weighted by atomic mass is 10.1. The summed E-state index contributed by atoms with van der Waals surface area (Å²) in [6.45, 7) is 2.59. The van der Waals surface area contributed by atoms with E-state index in [1.807, 2.05) is 0 Å². The van der Waals surface area contributed by atoms with E-state index in [0.717, 1.165) is 12.8 Å². The summed E-state index contributed by atoms with van der Waals surface area (Å²) >= 11 is 0. The average molecular weight is 415 g/mol. The molecule has 29 heavy (non-hydrogen) atoms. The Labute approximate surface area is 178 Å². The van der Waals surface area contributed by atoms with Crippen LogP contribution in [0, 0.1) is 0 Å². The van der Waals surface area contributed by atoms with Gasteiger partial charge >= 0.3 is 0 Å². The van der Waals surface area contributed by atoms with E-state index in [1.165, 1.54) is 77.0 Å². The highest BCUT2D eigenvalue weighted by atomic mass is 16.6. The molecule has 0 spiro atoms. The molecule has 3 N–H and O–H groups in total. The molecule has 172 valence electrons. The maximum atomic E-state index is 9.89. The molecule has 0 aromatic heterocycles. The number of aliphatic hydroxyl groups is 3. The van der Waals surface area contributed by atoms with Crippen LogP contribution in [0.15, 0.2) is 12.2 Å². The van der Waals surface area contributed by atoms with Crippen molar-refractivity contribution in [3.05, 3.63) is 12.2 Å². The van der Waals surface area contributed by atoms with E-state index in [-0.39, 0.29) is 13.2 Å². The standard InChI is InChI=1S/C24H46O5/c1-2-3-4-5-6-7-8-9-10-11-12-13-14-15-16-17-18-28-24-22(27)20-29-23(24)21(26)19-25/h10-11,21-27H,2-9,12-20H2,1H3/b11-10+/t21-,22+,23-,24-/m1/s1. The Kier molecular flexibility index (Phi) is 16.8. The smallest absolute Gasteiger partial charge is 0.114 e. The van der Waals surface area contributed by atoms with Crippen LogP contribution in [0.5, 0.6) is 0 Å². The third kappa shape index (κ3) is 12.7. The van der Waals surface area contributed by atoms with E-state index in [0.29, 0.717) is 6.61 Å². The molecule has 1 saturated heterocycles. The third-order valence-corrected chi connectivity index (χ3v) is 5.70. The van der Waals surface area contributed by atoms with Crippen LogP contribution in [0.3, 0.4) is 0 Å². The summed E-state index contributed by atoms with van der Waals surface area (Å²) in [7, 11) is 0. The zero-order valence-corrected chi connectivity index (χ0v) is 18.6. The number of aliphatic hydroxyl groups excluding tert-OH is 3. The van der Waals surface area contributed by atoms with Crippen molar-refractivity contribution >= 4 is 0 Å². The highest BCUT2D eigenvalue weighted by Crippen LogP contribution is 2.21. The Morgan fingerprint density at radius 3 is 2.03 bits per heavy atom. The zero-order chi connectivity index (χ0) is 21.2. The first kappa shape index (κ1) is 26.6. The Bertz CT molecular complexity index is 387. The second-order valence-corrected chi connectivity index (χ2v) is 8.39. The van der Waals surface area contributed by atoms with E-state index in [9.17, 15) is 10.2 Å². The van der Waals surface area contributed by atoms with Crippen LogP contribution in [0.25, 0.3) is 0 Å². The van der Waals surface area contributed by atoms with Crippen LogP contribution in [-0.4, -0.2) is 59.6 Å². The molecule has 1 fully saturated rings. The Hall–Kier alpha value is -0.460. The molecule has 1 aliphatic heterocycles. The van der Waals surface area contributed by atoms with E-state index >= 15 is 0 Å². The van der Waals surface area contributed by atoms with Gasteiger partial charge in [-0.25, -0.2) is 0 Å². The fourth-order valence-corrected chi connectivity index (χ4v) is 3.83. The molecule has 4 atom stereocenters. The first-order chi connectivity index (χ1) is 14.2. The molecule has 1 rings (SSSR count). The molecule has 0 aromatic carbocycles. The largest absolute Gasteiger partial charge is 0.394 e. The lowest BCUT2D eigenvalue weighted by molar-refractivity contribution is -0.0938. The number of hydrogen-bond donors (Lipinski definition) is 3. The first-order valence-electron chi connectivity index (χ1n) is 12.1. The van der Waals surface area contributed by atoms with Gasteiger partial charge in [-0.15, -0.1) is 0 Å². The van der Waals surface area contributed by atoms with Crippen molar-refractivity contribution in [1.82, 2.24) is 0 Å². The highest BCUT2D eigenvalue weighted by Gasteiger charge is 2.40. The van der Waals surface area contributed by atoms with Gasteiger partial charge in [-0.1, -0.05) is 76.9 Å². The SMILES string of the molecule is CCCCCCCCC/C=C/CCCCCCCO[C@H]1[C@@H]([C@H](O)CO)OC[C@@H]1O. The normalized spacial score (nSPS) is 23.2. The van der Waals surface area contributed by atoms with Crippen molar-refractivity contribution in [2.75, 3.05) is 19.8 Å². The Morgan fingerprint density at radius 1 is 0.897 bits per heavy atom. The monoisotopic (exact) mass is 414 g/mol. The van der Waals surface area contributed by atoms with Crippen molar-refractivity contribution in [3.8, 4) is 0 Å². The van der Waals surface area contributed by atoms with Crippen molar-refractivity contribution in [2.45, 2.75) is 121 Å². The van der Waals surface area contributed by atoms with Crippen LogP contribution < -0.4 is 0 Å². The molecule has 0 aromatic rings. The predicted molar refractivity (Wildman–Crippen MR) is 118 cm³/mol. The zero-order valence-electron chi connectivity index (χ0n) is 18.6. The summed E-state index contributed by atoms with van der Waals surface area (Å²) in [5.41, 5.74) is 0. The molecular weight excluding hydrogens is 368 g/mol. The fraction of sp³-hybridized carbons (Fsp3) is 0.917. The maximum Gasteiger partial charge on any atom is 0.114 e. The molecule has 0 bridgehead atoms. The lowest BCUT2D eigenvalue weighted by Crippen LogP contribution is -2.42. The van der Waals surface area contributed by atoms with Gasteiger partial charge in [-0.2, -0.15) is 0 Å². The highest BCUT2D eigenvalue weighted by molar-refractivity contribution is 4.89. The van der Waals surface area contributed by atoms with Gasteiger partial charge in [0.05, 0.1) is 13.2 Å². The van der Waals surface area contributed by atoms with Crippen molar-refractivity contribution in [1.29, 1.82) is 0 Å². The molecule has 5 heteroatoms. The van der Waals surface area contributed by atoms with Crippen LogP contribution in [0.2, 0.25) is 0 Å². The van der Waals surface area contributed by atoms with Crippen molar-refractivity contribution in [2.24, 2.45) is 0 Å². The number of hydrogen-bond acceptors (Lipinski definition) is 5. The van der Waals surface area contributed by atoms with E-state index in [4.69, 9.17) is 14.6 Å². The molecule has 0 unspecified atom stereocenters. The maximum absolute atomic E-state index is 9.89. The molecule has 0 saturated carbocycles. The van der Waals surface area contributed by atoms with Gasteiger partial charge < -0.3 is 24.8 Å². The molecule has 0 radical (unpaired) electrons. The van der Waals surface area contributed by atoms with Crippen molar-refractivity contribution < 1.29 is 24.8 Å². The third-order valence-electron chi connectivity index (χ3n) is 5.70. The summed E-state index contributed by atoms with van der Waals surface area (Å²) in [6.07, 6.45) is 19.6. The summed E-state index contributed by atoms with van der Waals surface area (Å²) in [5, 5.41) is 28.7. The molecule has 0 aliphatic carbocycles. The van der Waals surface area contributed by atoms with Crippen LogP contribution in [0.1, 0.15) is 96.8 Å². The number of rotatable bonds is 19. The van der Waals surface area contributed by atoms with Crippen LogP contribution in [0.4, 0.5) is 0 Å². The second-order valence-electron chi connectivity index (χ2n) is 8.39. The van der Waals surface area contributed by atoms with Gasteiger partial charge in [0.2, 0.25) is 0 Å². The number of allylic oxidation sites excluding steroid dienone is 2. The predicted octanol–water partition coefficient (Wildman–Crippen LogP) is 4.52. The summed E-state index contributed by atoms with van der Waals surface area (Å²) in [5.74, 6) is 0. The fourth-order valence-electron chi connectivity index (χ4n) is 3.83. The first-order valence-corrected chi connectivity index (χ1v) is 12.1. The molecule has 1 aliphatic rings. The number of ether oxygens (including phenoxy) is 2. The second kappa shape index (κ2) is 18.3. The molecule has 1 heterocycles. The van der Waals surface area contributed by atoms with Gasteiger partial charge in [0.25, 0.3) is 0 Å². The summed E-state index contributed by atoms with van der Waals surface area (Å²) < 4.78 is 11.0. The van der Waals surface area contributed by atoms with E-state index < -0.39 is 24.4 Å². The average Bonchev–Trinajstić information content (AvgIpc) is 3.10. The van der Waals surface area contributed by atoms with Crippen molar-refractivity contribution in [3.63, 3.8) is 0 Å². The van der Waals surface area contributed by atoms with Gasteiger partial charge in [-0.05, 0) is 32.1 Å². The molecular formula is C24H46O5. The molecule has 5 nitrogen and oxygen atoms in total. The van der Waals surface area contributed by atoms with Gasteiger partial charge in [0.1, 0.15) is 24.4 Å². The minimum Gasteiger partial charge on any atom is -0.394 e. The Balaban J connectivity index is 1.87. The van der Waals surface area contributed by atoms with Crippen LogP contribution in [-0.2, 0) is 9.47 Å². The summed E-state index contributed by atoms with van der Waals surface area (Å²) in [6, 6.07) is 0. The van der Waals surface area contributed by atoms with E-state index in [1.54, 1.807) is 0 Å². The minimum absolute atomic E-state index is 0.152. The summed E-state index contributed by atoms with van der Waals surface area (Å²) in [4.78, 5) is 0. The van der Waals surface area contributed by atoms with Crippen LogP contribution >= 0.6 is 0 Å². The van der Waals surface area contributed by atoms with Gasteiger partial charge in [0.15, 0.2) is 0 Å². The Morgan fingerprint density at radius 2 is 1.45 bits per heavy atom. The minimum atomic E-state index is -1.00. The number of unbranched alkanes of at least 4 members (excludes halogenated alkanes) is 12. The van der Waals surface area contributed by atoms with Gasteiger partial charge in [0, 0.05) is 6.61 Å². The molecule has 0 amide bonds. The van der Waals surface area contributed by atoms with E-state index in [2.05, 4.69) is 19.1 Å². The van der Waals surface area contributed by atoms with Gasteiger partial charge in [-0.3, -0.25) is 0 Å². The lowest BCUT2D eigenvalue weighted by Gasteiger charge is -2.23. The topological polar surface area (TPSA) is 79.2 Å².